The highest BCUT2D eigenvalue weighted by Crippen LogP contribution is 2.40. The third kappa shape index (κ3) is 4.36. The number of ketones is 1. The molecule has 2 heterocycles. The molecule has 1 atom stereocenters. The van der Waals surface area contributed by atoms with Gasteiger partial charge in [0.2, 0.25) is 5.78 Å². The van der Waals surface area contributed by atoms with Gasteiger partial charge in [0.1, 0.15) is 11.4 Å². The number of likely N-dealkylation sites (tertiary alicyclic amines) is 1. The Morgan fingerprint density at radius 1 is 1.21 bits per heavy atom. The van der Waals surface area contributed by atoms with Crippen LogP contribution in [0.4, 0.5) is 0 Å². The zero-order chi connectivity index (χ0) is 24.4. The smallest absolute Gasteiger partial charge is 0.354 e. The van der Waals surface area contributed by atoms with Crippen molar-refractivity contribution in [1.82, 2.24) is 9.88 Å². The SMILES string of the molecule is COC(=O)c1[nH]c(C)c(C([O-])=C2C(=O)C(=O)N(CC[NH+](C)C)C2c2cccc(OC)c2)c1C. The van der Waals surface area contributed by atoms with Crippen molar-refractivity contribution in [3.05, 3.63) is 57.9 Å². The molecule has 1 aromatic carbocycles. The fraction of sp³-hybridized carbons (Fsp3) is 0.375. The number of likely N-dealkylation sites (N-methyl/N-ethyl adjacent to an activating group) is 1. The molecule has 2 N–H and O–H groups in total. The van der Waals surface area contributed by atoms with Crippen LogP contribution in [0.5, 0.6) is 5.75 Å². The maximum absolute atomic E-state index is 13.7. The summed E-state index contributed by atoms with van der Waals surface area (Å²) in [6.45, 7) is 4.14. The standard InChI is InChI=1S/C24H29N3O6/c1-13-17(14(2)25-19(13)24(31)33-6)21(28)18-20(15-8-7-9-16(12-15)32-5)27(11-10-26(3)4)23(30)22(18)29/h7-9,12,20,25,28H,10-11H2,1-6H3. The van der Waals surface area contributed by atoms with Gasteiger partial charge in [0.15, 0.2) is 0 Å². The van der Waals surface area contributed by atoms with Gasteiger partial charge in [0.25, 0.3) is 5.91 Å². The predicted octanol–water partition coefficient (Wildman–Crippen LogP) is -0.205. The van der Waals surface area contributed by atoms with Crippen LogP contribution in [0, 0.1) is 13.8 Å². The van der Waals surface area contributed by atoms with E-state index in [1.165, 1.54) is 19.1 Å². The summed E-state index contributed by atoms with van der Waals surface area (Å²) in [4.78, 5) is 43.7. The number of ether oxygens (including phenoxy) is 2. The number of methoxy groups -OCH3 is 2. The Labute approximate surface area is 192 Å². The molecule has 0 saturated carbocycles. The number of aromatic amines is 1. The fourth-order valence-corrected chi connectivity index (χ4v) is 4.13. The summed E-state index contributed by atoms with van der Waals surface area (Å²) in [5.74, 6) is -2.20. The molecular formula is C24H29N3O6. The quantitative estimate of drug-likeness (QED) is 0.258. The number of hydrogen-bond acceptors (Lipinski definition) is 6. The number of rotatable bonds is 7. The first-order chi connectivity index (χ1) is 15.6. The molecule has 33 heavy (non-hydrogen) atoms. The van der Waals surface area contributed by atoms with Gasteiger partial charge in [0, 0.05) is 11.3 Å². The normalized spacial score (nSPS) is 17.7. The number of carbonyl (C=O) groups excluding carboxylic acids is 3. The topological polar surface area (TPSA) is 116 Å². The van der Waals surface area contributed by atoms with E-state index in [4.69, 9.17) is 9.47 Å². The van der Waals surface area contributed by atoms with Crippen molar-refractivity contribution in [2.24, 2.45) is 0 Å². The van der Waals surface area contributed by atoms with Crippen LogP contribution in [-0.2, 0) is 14.3 Å². The van der Waals surface area contributed by atoms with Crippen LogP contribution in [0.2, 0.25) is 0 Å². The van der Waals surface area contributed by atoms with E-state index in [1.807, 2.05) is 14.1 Å². The number of aryl methyl sites for hydroxylation is 1. The van der Waals surface area contributed by atoms with Crippen LogP contribution >= 0.6 is 0 Å². The second kappa shape index (κ2) is 9.50. The lowest BCUT2D eigenvalue weighted by Crippen LogP contribution is -3.06. The largest absolute Gasteiger partial charge is 0.872 e. The Morgan fingerprint density at radius 2 is 1.91 bits per heavy atom. The summed E-state index contributed by atoms with van der Waals surface area (Å²) in [6, 6.07) is 6.12. The van der Waals surface area contributed by atoms with E-state index < -0.39 is 29.5 Å². The Morgan fingerprint density at radius 3 is 2.52 bits per heavy atom. The monoisotopic (exact) mass is 455 g/mol. The minimum atomic E-state index is -0.859. The Hall–Kier alpha value is -3.59. The van der Waals surface area contributed by atoms with Crippen molar-refractivity contribution in [2.75, 3.05) is 41.4 Å². The molecule has 1 aliphatic rings. The predicted molar refractivity (Wildman–Crippen MR) is 119 cm³/mol. The van der Waals surface area contributed by atoms with Gasteiger partial charge in [-0.15, -0.1) is 0 Å². The summed E-state index contributed by atoms with van der Waals surface area (Å²) in [5, 5.41) is 13.7. The van der Waals surface area contributed by atoms with Gasteiger partial charge in [-0.1, -0.05) is 17.9 Å². The van der Waals surface area contributed by atoms with Crippen LogP contribution in [0.15, 0.2) is 29.8 Å². The minimum Gasteiger partial charge on any atom is -0.872 e. The van der Waals surface area contributed by atoms with E-state index in [9.17, 15) is 19.5 Å². The number of benzene rings is 1. The highest BCUT2D eigenvalue weighted by Gasteiger charge is 2.44. The lowest BCUT2D eigenvalue weighted by molar-refractivity contribution is -0.857. The first-order valence-electron chi connectivity index (χ1n) is 10.6. The summed E-state index contributed by atoms with van der Waals surface area (Å²) in [5.41, 5.74) is 1.60. The third-order valence-electron chi connectivity index (χ3n) is 5.85. The number of nitrogens with one attached hydrogen (secondary N) is 2. The maximum Gasteiger partial charge on any atom is 0.354 e. The van der Waals surface area contributed by atoms with Crippen molar-refractivity contribution in [1.29, 1.82) is 0 Å². The first kappa shape index (κ1) is 24.1. The molecular weight excluding hydrogens is 426 g/mol. The molecule has 2 aromatic rings. The van der Waals surface area contributed by atoms with Crippen molar-refractivity contribution in [3.63, 3.8) is 0 Å². The number of quaternary nitrogens is 1. The molecule has 1 amide bonds. The van der Waals surface area contributed by atoms with Crippen LogP contribution in [0.1, 0.15) is 38.9 Å². The minimum absolute atomic E-state index is 0.136. The molecule has 0 aliphatic carbocycles. The summed E-state index contributed by atoms with van der Waals surface area (Å²) in [6.07, 6.45) is 0. The molecule has 0 radical (unpaired) electrons. The van der Waals surface area contributed by atoms with Gasteiger partial charge in [-0.05, 0) is 42.7 Å². The molecule has 1 aliphatic heterocycles. The lowest BCUT2D eigenvalue weighted by Gasteiger charge is -2.28. The van der Waals surface area contributed by atoms with Crippen molar-refractivity contribution < 1.29 is 33.9 Å². The van der Waals surface area contributed by atoms with E-state index in [0.29, 0.717) is 35.7 Å². The second-order valence-electron chi connectivity index (χ2n) is 8.32. The van der Waals surface area contributed by atoms with Gasteiger partial charge in [-0.3, -0.25) is 9.59 Å². The molecule has 1 fully saturated rings. The molecule has 1 saturated heterocycles. The molecule has 9 nitrogen and oxygen atoms in total. The number of aromatic nitrogens is 1. The van der Waals surface area contributed by atoms with Gasteiger partial charge in [-0.25, -0.2) is 4.79 Å². The number of nitrogens with zero attached hydrogens (tertiary/aromatic N) is 1. The van der Waals surface area contributed by atoms with E-state index in [2.05, 4.69) is 4.98 Å². The number of Topliss-reactive ketones (excluding diaryl/α,β-unsaturated/α-hetero) is 1. The molecule has 9 heteroatoms. The summed E-state index contributed by atoms with van der Waals surface area (Å²) >= 11 is 0. The Bertz CT molecular complexity index is 1130. The van der Waals surface area contributed by atoms with Crippen LogP contribution in [-0.4, -0.2) is 68.9 Å². The Balaban J connectivity index is 2.23. The second-order valence-corrected chi connectivity index (χ2v) is 8.32. The average molecular weight is 456 g/mol. The van der Waals surface area contributed by atoms with Gasteiger partial charge < -0.3 is 29.4 Å². The number of amides is 1. The average Bonchev–Trinajstić information content (AvgIpc) is 3.23. The van der Waals surface area contributed by atoms with E-state index >= 15 is 0 Å². The fourth-order valence-electron chi connectivity index (χ4n) is 4.13. The zero-order valence-corrected chi connectivity index (χ0v) is 19.7. The van der Waals surface area contributed by atoms with Crippen molar-refractivity contribution >= 4 is 23.4 Å². The molecule has 176 valence electrons. The van der Waals surface area contributed by atoms with Crippen LogP contribution in [0.25, 0.3) is 5.76 Å². The third-order valence-corrected chi connectivity index (χ3v) is 5.85. The lowest BCUT2D eigenvalue weighted by atomic mass is 9.94. The molecule has 0 bridgehead atoms. The molecule has 1 aromatic heterocycles. The Kier molecular flexibility index (Phi) is 6.92. The van der Waals surface area contributed by atoms with Gasteiger partial charge in [0.05, 0.1) is 47.4 Å². The highest BCUT2D eigenvalue weighted by molar-refractivity contribution is 6.46. The molecule has 0 spiro atoms. The number of hydrogen-bond donors (Lipinski definition) is 2. The zero-order valence-electron chi connectivity index (χ0n) is 19.7. The molecule has 3 rings (SSSR count). The summed E-state index contributed by atoms with van der Waals surface area (Å²) < 4.78 is 10.1. The number of carbonyl (C=O) groups is 3. The van der Waals surface area contributed by atoms with E-state index in [1.54, 1.807) is 38.1 Å². The van der Waals surface area contributed by atoms with Crippen LogP contribution < -0.4 is 14.7 Å². The van der Waals surface area contributed by atoms with Crippen molar-refractivity contribution in [3.8, 4) is 5.75 Å². The van der Waals surface area contributed by atoms with Gasteiger partial charge in [-0.2, -0.15) is 0 Å². The maximum atomic E-state index is 13.7. The number of H-pyrrole nitrogens is 1. The van der Waals surface area contributed by atoms with Gasteiger partial charge >= 0.3 is 5.97 Å². The van der Waals surface area contributed by atoms with Crippen molar-refractivity contribution in [2.45, 2.75) is 19.9 Å². The first-order valence-corrected chi connectivity index (χ1v) is 10.6. The summed E-state index contributed by atoms with van der Waals surface area (Å²) in [7, 11) is 6.66. The van der Waals surface area contributed by atoms with E-state index in [-0.39, 0.29) is 16.8 Å². The molecule has 1 unspecified atom stereocenters. The van der Waals surface area contributed by atoms with Crippen LogP contribution in [0.3, 0.4) is 0 Å². The number of esters is 1. The highest BCUT2D eigenvalue weighted by atomic mass is 16.5. The van der Waals surface area contributed by atoms with E-state index in [0.717, 1.165) is 4.90 Å².